The molecule has 0 aromatic carbocycles. The fraction of sp³-hybridized carbons (Fsp3) is 0.571. The van der Waals surface area contributed by atoms with Crippen molar-refractivity contribution in [3.63, 3.8) is 0 Å². The van der Waals surface area contributed by atoms with Crippen molar-refractivity contribution >= 4 is 10.2 Å². The lowest BCUT2D eigenvalue weighted by molar-refractivity contribution is 0.509. The van der Waals surface area contributed by atoms with Crippen LogP contribution in [0.4, 0.5) is 0 Å². The van der Waals surface area contributed by atoms with Gasteiger partial charge in [-0.05, 0) is 6.92 Å². The molecule has 0 unspecified atom stereocenters. The lowest BCUT2D eigenvalue weighted by Gasteiger charge is -2.12. The second-order valence-electron chi connectivity index (χ2n) is 3.07. The zero-order chi connectivity index (χ0) is 10.9. The molecule has 7 heteroatoms. The van der Waals surface area contributed by atoms with E-state index in [9.17, 15) is 8.42 Å². The van der Waals surface area contributed by atoms with Gasteiger partial charge in [0.25, 0.3) is 0 Å². The van der Waals surface area contributed by atoms with E-state index in [2.05, 4.69) is 4.98 Å². The highest BCUT2D eigenvalue weighted by Crippen LogP contribution is 2.07. The number of nitrogens with two attached hydrogens (primary N) is 1. The maximum absolute atomic E-state index is 11.7. The van der Waals surface area contributed by atoms with Crippen LogP contribution in [0.1, 0.15) is 11.5 Å². The Kier molecular flexibility index (Phi) is 2.93. The molecule has 0 amide bonds. The maximum atomic E-state index is 11.7. The third-order valence-corrected chi connectivity index (χ3v) is 3.60. The third-order valence-electron chi connectivity index (χ3n) is 1.81. The summed E-state index contributed by atoms with van der Waals surface area (Å²) in [5.41, 5.74) is 5.93. The minimum absolute atomic E-state index is 0.233. The molecule has 1 aromatic rings. The zero-order valence-corrected chi connectivity index (χ0v) is 9.24. The number of hydrogen-bond donors (Lipinski definition) is 1. The van der Waals surface area contributed by atoms with Gasteiger partial charge in [-0.2, -0.15) is 12.7 Å². The second kappa shape index (κ2) is 3.68. The average Bonchev–Trinajstić information content (AvgIpc) is 2.47. The number of hydrogen-bond acceptors (Lipinski definition) is 4. The van der Waals surface area contributed by atoms with Crippen molar-refractivity contribution in [2.24, 2.45) is 5.73 Å². The lowest BCUT2D eigenvalue weighted by atomic mass is 10.5. The normalized spacial score (nSPS) is 12.4. The molecule has 0 aliphatic heterocycles. The summed E-state index contributed by atoms with van der Waals surface area (Å²) in [7, 11) is -0.527. The van der Waals surface area contributed by atoms with E-state index in [0.717, 1.165) is 8.28 Å². The van der Waals surface area contributed by atoms with Gasteiger partial charge in [0.2, 0.25) is 0 Å². The summed E-state index contributed by atoms with van der Waals surface area (Å²) in [5.74, 6) is 0.416. The molecule has 14 heavy (non-hydrogen) atoms. The van der Waals surface area contributed by atoms with Gasteiger partial charge in [-0.3, -0.25) is 0 Å². The minimum atomic E-state index is -3.46. The summed E-state index contributed by atoms with van der Waals surface area (Å²) in [6.07, 6.45) is 1.44. The van der Waals surface area contributed by atoms with E-state index in [1.165, 1.54) is 20.3 Å². The number of nitrogens with zero attached hydrogens (tertiary/aromatic N) is 3. The van der Waals surface area contributed by atoms with Crippen LogP contribution in [0, 0.1) is 6.92 Å². The summed E-state index contributed by atoms with van der Waals surface area (Å²) in [4.78, 5) is 4.01. The van der Waals surface area contributed by atoms with Crippen molar-refractivity contribution in [3.05, 3.63) is 17.7 Å². The first-order valence-electron chi connectivity index (χ1n) is 4.07. The standard InChI is InChI=1S/C7H14N4O2S/c1-6-9-7(4-8)5-11(6)14(12,13)10(2)3/h5H,4,8H2,1-3H3. The van der Waals surface area contributed by atoms with E-state index >= 15 is 0 Å². The molecule has 6 nitrogen and oxygen atoms in total. The van der Waals surface area contributed by atoms with E-state index in [1.807, 2.05) is 0 Å². The van der Waals surface area contributed by atoms with Crippen LogP contribution in [0.2, 0.25) is 0 Å². The SMILES string of the molecule is Cc1nc(CN)cn1S(=O)(=O)N(C)C. The summed E-state index contributed by atoms with van der Waals surface area (Å²) >= 11 is 0. The monoisotopic (exact) mass is 218 g/mol. The average molecular weight is 218 g/mol. The summed E-state index contributed by atoms with van der Waals surface area (Å²) in [6, 6.07) is 0. The summed E-state index contributed by atoms with van der Waals surface area (Å²) in [6.45, 7) is 1.86. The molecule has 0 saturated carbocycles. The van der Waals surface area contributed by atoms with Crippen LogP contribution in [-0.4, -0.2) is 35.8 Å². The van der Waals surface area contributed by atoms with Crippen LogP contribution in [0.25, 0.3) is 0 Å². The number of aryl methyl sites for hydroxylation is 1. The van der Waals surface area contributed by atoms with Crippen molar-refractivity contribution in [2.75, 3.05) is 14.1 Å². The third kappa shape index (κ3) is 1.79. The van der Waals surface area contributed by atoms with Crippen LogP contribution in [0.15, 0.2) is 6.20 Å². The Balaban J connectivity index is 3.26. The summed E-state index contributed by atoms with van der Waals surface area (Å²) < 4.78 is 25.6. The van der Waals surface area contributed by atoms with Crippen LogP contribution in [0.3, 0.4) is 0 Å². The predicted octanol–water partition coefficient (Wildman–Crippen LogP) is -0.695. The molecule has 0 bridgehead atoms. The van der Waals surface area contributed by atoms with Crippen LogP contribution < -0.4 is 5.73 Å². The molecular formula is C7H14N4O2S. The van der Waals surface area contributed by atoms with Gasteiger partial charge < -0.3 is 5.73 Å². The Morgan fingerprint density at radius 1 is 1.57 bits per heavy atom. The maximum Gasteiger partial charge on any atom is 0.308 e. The van der Waals surface area contributed by atoms with Crippen molar-refractivity contribution in [2.45, 2.75) is 13.5 Å². The molecule has 2 N–H and O–H groups in total. The Labute approximate surface area is 83.5 Å². The molecule has 1 rings (SSSR count). The van der Waals surface area contributed by atoms with E-state index in [4.69, 9.17) is 5.73 Å². The van der Waals surface area contributed by atoms with Crippen LogP contribution in [0.5, 0.6) is 0 Å². The number of imidazole rings is 1. The molecule has 1 aromatic heterocycles. The van der Waals surface area contributed by atoms with Crippen LogP contribution >= 0.6 is 0 Å². The summed E-state index contributed by atoms with van der Waals surface area (Å²) in [5, 5.41) is 0. The zero-order valence-electron chi connectivity index (χ0n) is 8.43. The van der Waals surface area contributed by atoms with E-state index in [-0.39, 0.29) is 6.54 Å². The fourth-order valence-corrected chi connectivity index (χ4v) is 2.00. The fourth-order valence-electron chi connectivity index (χ4n) is 1.02. The van der Waals surface area contributed by atoms with Crippen molar-refractivity contribution in [3.8, 4) is 0 Å². The molecule has 0 radical (unpaired) electrons. The van der Waals surface area contributed by atoms with Gasteiger partial charge in [-0.15, -0.1) is 0 Å². The number of aromatic nitrogens is 2. The van der Waals surface area contributed by atoms with Gasteiger partial charge in [-0.25, -0.2) is 8.96 Å². The first-order chi connectivity index (χ1) is 6.39. The molecule has 0 atom stereocenters. The highest BCUT2D eigenvalue weighted by atomic mass is 32.2. The molecule has 0 aliphatic carbocycles. The minimum Gasteiger partial charge on any atom is -0.325 e. The van der Waals surface area contributed by atoms with Crippen LogP contribution in [-0.2, 0) is 16.8 Å². The Bertz CT molecular complexity index is 421. The van der Waals surface area contributed by atoms with Gasteiger partial charge in [0, 0.05) is 26.8 Å². The molecule has 0 fully saturated rings. The number of rotatable bonds is 3. The van der Waals surface area contributed by atoms with E-state index < -0.39 is 10.2 Å². The molecule has 0 saturated heterocycles. The van der Waals surface area contributed by atoms with Gasteiger partial charge in [0.1, 0.15) is 5.82 Å². The molecule has 80 valence electrons. The highest BCUT2D eigenvalue weighted by molar-refractivity contribution is 7.87. The largest absolute Gasteiger partial charge is 0.325 e. The second-order valence-corrected chi connectivity index (χ2v) is 5.09. The molecule has 1 heterocycles. The van der Waals surface area contributed by atoms with E-state index in [1.54, 1.807) is 6.92 Å². The molecular weight excluding hydrogens is 204 g/mol. The van der Waals surface area contributed by atoms with Crippen molar-refractivity contribution in [1.29, 1.82) is 0 Å². The first kappa shape index (κ1) is 11.2. The van der Waals surface area contributed by atoms with Gasteiger partial charge in [-0.1, -0.05) is 0 Å². The van der Waals surface area contributed by atoms with Gasteiger partial charge in [0.05, 0.1) is 5.69 Å². The molecule has 0 spiro atoms. The Morgan fingerprint density at radius 2 is 2.14 bits per heavy atom. The smallest absolute Gasteiger partial charge is 0.308 e. The van der Waals surface area contributed by atoms with Crippen molar-refractivity contribution < 1.29 is 8.42 Å². The quantitative estimate of drug-likeness (QED) is 0.727. The van der Waals surface area contributed by atoms with Gasteiger partial charge >= 0.3 is 10.2 Å². The Hall–Kier alpha value is -0.920. The predicted molar refractivity (Wildman–Crippen MR) is 52.9 cm³/mol. The molecule has 0 aliphatic rings. The highest BCUT2D eigenvalue weighted by Gasteiger charge is 2.19. The van der Waals surface area contributed by atoms with E-state index in [0.29, 0.717) is 11.5 Å². The van der Waals surface area contributed by atoms with Gasteiger partial charge in [0.15, 0.2) is 0 Å². The first-order valence-corrected chi connectivity index (χ1v) is 5.47. The lowest BCUT2D eigenvalue weighted by Crippen LogP contribution is -2.29. The Morgan fingerprint density at radius 3 is 2.50 bits per heavy atom. The topological polar surface area (TPSA) is 81.2 Å². The van der Waals surface area contributed by atoms with Crippen molar-refractivity contribution in [1.82, 2.24) is 13.3 Å².